The van der Waals surface area contributed by atoms with Crippen molar-refractivity contribution in [2.45, 2.75) is 32.7 Å². The molecule has 1 atom stereocenters. The normalized spacial score (nSPS) is 26.9. The van der Waals surface area contributed by atoms with Gasteiger partial charge in [-0.05, 0) is 18.8 Å². The molecule has 0 aromatic rings. The van der Waals surface area contributed by atoms with E-state index in [-0.39, 0.29) is 0 Å². The highest BCUT2D eigenvalue weighted by atomic mass is 32.2. The fraction of sp³-hybridized carbons (Fsp3) is 0.875. The molecule has 1 unspecified atom stereocenters. The first-order chi connectivity index (χ1) is 6.34. The van der Waals surface area contributed by atoms with Crippen LogP contribution in [0.25, 0.3) is 0 Å². The lowest BCUT2D eigenvalue weighted by Gasteiger charge is -2.15. The Hall–Kier alpha value is -0.620. The molecular weight excluding hydrogens is 204 g/mol. The molecule has 0 aromatic carbocycles. The summed E-state index contributed by atoms with van der Waals surface area (Å²) in [6.07, 6.45) is 1.43. The first kappa shape index (κ1) is 11.5. The smallest absolute Gasteiger partial charge is 0.272 e. The van der Waals surface area contributed by atoms with Gasteiger partial charge in [0.05, 0.1) is 0 Å². The average molecular weight is 220 g/mol. The second kappa shape index (κ2) is 3.86. The summed E-state index contributed by atoms with van der Waals surface area (Å²) in [6, 6.07) is -0.526. The first-order valence-electron chi connectivity index (χ1n) is 4.64. The van der Waals surface area contributed by atoms with Gasteiger partial charge >= 0.3 is 10.2 Å². The summed E-state index contributed by atoms with van der Waals surface area (Å²) in [5.41, 5.74) is 0. The minimum atomic E-state index is -3.54. The summed E-state index contributed by atoms with van der Waals surface area (Å²) in [4.78, 5) is 11.3. The maximum atomic E-state index is 11.3. The lowest BCUT2D eigenvalue weighted by Crippen LogP contribution is -2.31. The van der Waals surface area contributed by atoms with Crippen LogP contribution in [0.4, 0.5) is 0 Å². The molecule has 1 amide bonds. The van der Waals surface area contributed by atoms with Gasteiger partial charge in [0.25, 0.3) is 5.91 Å². The van der Waals surface area contributed by atoms with Crippen molar-refractivity contribution in [1.82, 2.24) is 9.03 Å². The van der Waals surface area contributed by atoms with Crippen LogP contribution < -0.4 is 4.72 Å². The van der Waals surface area contributed by atoms with Crippen LogP contribution in [0.2, 0.25) is 0 Å². The van der Waals surface area contributed by atoms with Crippen LogP contribution in [0.5, 0.6) is 0 Å². The maximum absolute atomic E-state index is 11.3. The fourth-order valence-electron chi connectivity index (χ4n) is 1.40. The van der Waals surface area contributed by atoms with Crippen molar-refractivity contribution in [3.63, 3.8) is 0 Å². The summed E-state index contributed by atoms with van der Waals surface area (Å²) >= 11 is 0. The van der Waals surface area contributed by atoms with Crippen LogP contribution in [-0.2, 0) is 15.0 Å². The predicted octanol–water partition coefficient (Wildman–Crippen LogP) is 0.0976. The van der Waals surface area contributed by atoms with Crippen molar-refractivity contribution in [2.75, 3.05) is 7.05 Å². The molecule has 0 aromatic heterocycles. The Morgan fingerprint density at radius 1 is 1.50 bits per heavy atom. The third-order valence-corrected chi connectivity index (χ3v) is 3.84. The molecule has 14 heavy (non-hydrogen) atoms. The van der Waals surface area contributed by atoms with Crippen LogP contribution >= 0.6 is 0 Å². The Morgan fingerprint density at radius 2 is 2.07 bits per heavy atom. The SMILES string of the molecule is CC(C)CCC1C(=O)NS(=O)(=O)N1C. The summed E-state index contributed by atoms with van der Waals surface area (Å²) in [7, 11) is -2.11. The number of carbonyl (C=O) groups is 1. The number of amides is 1. The lowest BCUT2D eigenvalue weighted by atomic mass is 10.0. The third-order valence-electron chi connectivity index (χ3n) is 2.37. The van der Waals surface area contributed by atoms with E-state index in [9.17, 15) is 13.2 Å². The topological polar surface area (TPSA) is 66.5 Å². The van der Waals surface area contributed by atoms with Crippen molar-refractivity contribution >= 4 is 16.1 Å². The molecule has 1 aliphatic heterocycles. The molecule has 82 valence electrons. The average Bonchev–Trinajstić information content (AvgIpc) is 2.19. The molecule has 1 rings (SSSR count). The van der Waals surface area contributed by atoms with Gasteiger partial charge in [0.1, 0.15) is 6.04 Å². The van der Waals surface area contributed by atoms with E-state index >= 15 is 0 Å². The van der Waals surface area contributed by atoms with Gasteiger partial charge in [0.15, 0.2) is 0 Å². The van der Waals surface area contributed by atoms with E-state index in [0.717, 1.165) is 10.7 Å². The summed E-state index contributed by atoms with van der Waals surface area (Å²) in [6.45, 7) is 4.09. The van der Waals surface area contributed by atoms with Crippen LogP contribution in [0.1, 0.15) is 26.7 Å². The number of hydrogen-bond acceptors (Lipinski definition) is 3. The number of carbonyl (C=O) groups excluding carboxylic acids is 1. The second-order valence-corrected chi connectivity index (χ2v) is 5.70. The van der Waals surface area contributed by atoms with E-state index in [0.29, 0.717) is 12.3 Å². The first-order valence-corrected chi connectivity index (χ1v) is 6.08. The standard InChI is InChI=1S/C8H16N2O3S/c1-6(2)4-5-7-8(11)9-14(12,13)10(7)3/h6-7H,4-5H2,1-3H3,(H,9,11). The zero-order chi connectivity index (χ0) is 10.9. The molecule has 5 nitrogen and oxygen atoms in total. The molecule has 6 heteroatoms. The number of rotatable bonds is 3. The van der Waals surface area contributed by atoms with Crippen LogP contribution in [0, 0.1) is 5.92 Å². The zero-order valence-corrected chi connectivity index (χ0v) is 9.47. The Bertz CT molecular complexity index is 323. The predicted molar refractivity (Wildman–Crippen MR) is 52.7 cm³/mol. The van der Waals surface area contributed by atoms with E-state index in [1.165, 1.54) is 7.05 Å². The molecule has 1 N–H and O–H groups in total. The molecule has 1 fully saturated rings. The van der Waals surface area contributed by atoms with Crippen LogP contribution in [0.15, 0.2) is 0 Å². The largest absolute Gasteiger partial charge is 0.304 e. The van der Waals surface area contributed by atoms with E-state index in [1.54, 1.807) is 0 Å². The van der Waals surface area contributed by atoms with Crippen molar-refractivity contribution in [3.8, 4) is 0 Å². The van der Waals surface area contributed by atoms with Gasteiger partial charge < -0.3 is 0 Å². The zero-order valence-electron chi connectivity index (χ0n) is 8.65. The molecule has 1 heterocycles. The van der Waals surface area contributed by atoms with Gasteiger partial charge in [-0.2, -0.15) is 12.7 Å². The van der Waals surface area contributed by atoms with Crippen molar-refractivity contribution in [3.05, 3.63) is 0 Å². The van der Waals surface area contributed by atoms with Gasteiger partial charge in [-0.15, -0.1) is 0 Å². The van der Waals surface area contributed by atoms with Crippen LogP contribution in [-0.4, -0.2) is 31.7 Å². The van der Waals surface area contributed by atoms with E-state index in [4.69, 9.17) is 0 Å². The third kappa shape index (κ3) is 2.24. The summed E-state index contributed by atoms with van der Waals surface area (Å²) < 4.78 is 25.5. The molecular formula is C8H16N2O3S. The highest BCUT2D eigenvalue weighted by Crippen LogP contribution is 2.18. The lowest BCUT2D eigenvalue weighted by molar-refractivity contribution is -0.121. The van der Waals surface area contributed by atoms with Crippen LogP contribution in [0.3, 0.4) is 0 Å². The Morgan fingerprint density at radius 3 is 2.43 bits per heavy atom. The summed E-state index contributed by atoms with van der Waals surface area (Å²) in [5.74, 6) is 0.0626. The summed E-state index contributed by atoms with van der Waals surface area (Å²) in [5, 5.41) is 0. The van der Waals surface area contributed by atoms with E-state index in [1.807, 2.05) is 18.6 Å². The minimum Gasteiger partial charge on any atom is -0.272 e. The molecule has 1 aliphatic rings. The van der Waals surface area contributed by atoms with Crippen molar-refractivity contribution < 1.29 is 13.2 Å². The fourth-order valence-corrected chi connectivity index (χ4v) is 2.47. The number of nitrogens with one attached hydrogen (secondary N) is 1. The molecule has 0 spiro atoms. The second-order valence-electron chi connectivity index (χ2n) is 3.97. The van der Waals surface area contributed by atoms with Gasteiger partial charge in [0, 0.05) is 7.05 Å². The molecule has 0 bridgehead atoms. The van der Waals surface area contributed by atoms with E-state index < -0.39 is 22.2 Å². The number of nitrogens with zero attached hydrogens (tertiary/aromatic N) is 1. The molecule has 0 saturated carbocycles. The molecule has 0 aliphatic carbocycles. The molecule has 1 saturated heterocycles. The Kier molecular flexibility index (Phi) is 3.16. The van der Waals surface area contributed by atoms with Gasteiger partial charge in [-0.25, -0.2) is 4.72 Å². The molecule has 0 radical (unpaired) electrons. The van der Waals surface area contributed by atoms with Gasteiger partial charge in [0.2, 0.25) is 0 Å². The highest BCUT2D eigenvalue weighted by molar-refractivity contribution is 7.88. The minimum absolute atomic E-state index is 0.409. The quantitative estimate of drug-likeness (QED) is 0.733. The number of hydrogen-bond donors (Lipinski definition) is 1. The van der Waals surface area contributed by atoms with Gasteiger partial charge in [-0.1, -0.05) is 13.8 Å². The maximum Gasteiger partial charge on any atom is 0.304 e. The van der Waals surface area contributed by atoms with Gasteiger partial charge in [-0.3, -0.25) is 4.79 Å². The van der Waals surface area contributed by atoms with E-state index in [2.05, 4.69) is 0 Å². The highest BCUT2D eigenvalue weighted by Gasteiger charge is 2.40. The Labute approximate surface area is 84.7 Å². The Balaban J connectivity index is 2.67. The monoisotopic (exact) mass is 220 g/mol. The number of likely N-dealkylation sites (N-methyl/N-ethyl adjacent to an activating group) is 1. The van der Waals surface area contributed by atoms with Crippen molar-refractivity contribution in [2.24, 2.45) is 5.92 Å². The van der Waals surface area contributed by atoms with Crippen molar-refractivity contribution in [1.29, 1.82) is 0 Å².